The van der Waals surface area contributed by atoms with Crippen LogP contribution < -0.4 is 5.32 Å². The van der Waals surface area contributed by atoms with Gasteiger partial charge >= 0.3 is 6.18 Å². The van der Waals surface area contributed by atoms with Crippen molar-refractivity contribution in [2.45, 2.75) is 38.4 Å². The van der Waals surface area contributed by atoms with Gasteiger partial charge in [-0.25, -0.2) is 8.78 Å². The normalized spacial score (nSPS) is 13.2. The molecule has 0 aliphatic heterocycles. The average molecular weight is 477 g/mol. The lowest BCUT2D eigenvalue weighted by atomic mass is 10.0. The molecule has 0 saturated carbocycles. The molecule has 0 fully saturated rings. The van der Waals surface area contributed by atoms with Gasteiger partial charge in [0.15, 0.2) is 0 Å². The molecule has 1 atom stereocenters. The Bertz CT molecular complexity index is 1080. The Labute approximate surface area is 186 Å². The Kier molecular flexibility index (Phi) is 7.19. The molecule has 32 heavy (non-hydrogen) atoms. The molecule has 1 N–H and O–H groups in total. The fraction of sp³-hybridized carbons (Fsp3) is 0.450. The van der Waals surface area contributed by atoms with Gasteiger partial charge < -0.3 is 10.2 Å². The summed E-state index contributed by atoms with van der Waals surface area (Å²) in [5.74, 6) is -2.40. The highest BCUT2D eigenvalue weighted by Crippen LogP contribution is 2.39. The van der Waals surface area contributed by atoms with Gasteiger partial charge in [-0.2, -0.15) is 32.8 Å². The van der Waals surface area contributed by atoms with Gasteiger partial charge in [0, 0.05) is 0 Å². The number of benzene rings is 1. The standard InChI is InChI=1S/C20H22ClF5N6/c1-11(20(24,25)26)29-18-16(17(21)30-19-27-10-28-32(18)19)15-13(22)8-12(9-14(15)23)6-4-5-7-31(2)3/h8-11,29H,4-7H2,1-3H3/t11-/m1/s1. The zero-order valence-corrected chi connectivity index (χ0v) is 18.4. The second-order valence-electron chi connectivity index (χ2n) is 7.70. The summed E-state index contributed by atoms with van der Waals surface area (Å²) < 4.78 is 70.6. The largest absolute Gasteiger partial charge is 0.408 e. The van der Waals surface area contributed by atoms with E-state index in [4.69, 9.17) is 11.6 Å². The third kappa shape index (κ3) is 5.26. The minimum atomic E-state index is -4.63. The van der Waals surface area contributed by atoms with Gasteiger partial charge in [-0.15, -0.1) is 0 Å². The van der Waals surface area contributed by atoms with Crippen molar-refractivity contribution in [2.75, 3.05) is 26.0 Å². The molecule has 2 heterocycles. The number of anilines is 1. The number of nitrogens with zero attached hydrogens (tertiary/aromatic N) is 5. The van der Waals surface area contributed by atoms with E-state index in [0.717, 1.165) is 49.3 Å². The summed E-state index contributed by atoms with van der Waals surface area (Å²) in [5, 5.41) is 5.64. The lowest BCUT2D eigenvalue weighted by Gasteiger charge is -2.21. The highest BCUT2D eigenvalue weighted by Gasteiger charge is 2.37. The smallest absolute Gasteiger partial charge is 0.358 e. The van der Waals surface area contributed by atoms with E-state index in [2.05, 4.69) is 20.4 Å². The maximum absolute atomic E-state index is 15.1. The summed E-state index contributed by atoms with van der Waals surface area (Å²) in [7, 11) is 3.87. The second kappa shape index (κ2) is 9.53. The van der Waals surface area contributed by atoms with Crippen LogP contribution in [0, 0.1) is 11.6 Å². The molecule has 1 aromatic carbocycles. The summed E-state index contributed by atoms with van der Waals surface area (Å²) in [5.41, 5.74) is -0.518. The fourth-order valence-electron chi connectivity index (χ4n) is 3.22. The lowest BCUT2D eigenvalue weighted by molar-refractivity contribution is -0.138. The number of hydrogen-bond acceptors (Lipinski definition) is 5. The van der Waals surface area contributed by atoms with Crippen molar-refractivity contribution in [1.82, 2.24) is 24.5 Å². The summed E-state index contributed by atoms with van der Waals surface area (Å²) in [6, 6.07) is 0.258. The molecule has 2 aromatic heterocycles. The zero-order valence-electron chi connectivity index (χ0n) is 17.6. The van der Waals surface area contributed by atoms with Crippen molar-refractivity contribution in [3.05, 3.63) is 40.8 Å². The fourth-order valence-corrected chi connectivity index (χ4v) is 3.48. The van der Waals surface area contributed by atoms with Gasteiger partial charge in [-0.3, -0.25) is 0 Å². The highest BCUT2D eigenvalue weighted by atomic mass is 35.5. The Morgan fingerprint density at radius 2 is 1.78 bits per heavy atom. The number of alkyl halides is 3. The third-order valence-electron chi connectivity index (χ3n) is 4.90. The summed E-state index contributed by atoms with van der Waals surface area (Å²) in [6.45, 7) is 1.71. The Hall–Kier alpha value is -2.53. The molecule has 6 nitrogen and oxygen atoms in total. The Balaban J connectivity index is 2.05. The molecule has 0 saturated heterocycles. The summed E-state index contributed by atoms with van der Waals surface area (Å²) in [4.78, 5) is 9.73. The maximum Gasteiger partial charge on any atom is 0.408 e. The number of hydrogen-bond donors (Lipinski definition) is 1. The predicted octanol–water partition coefficient (Wildman–Crippen LogP) is 4.97. The summed E-state index contributed by atoms with van der Waals surface area (Å²) in [6.07, 6.45) is -1.56. The minimum Gasteiger partial charge on any atom is -0.358 e. The van der Waals surface area contributed by atoms with E-state index in [1.54, 1.807) is 0 Å². The van der Waals surface area contributed by atoms with Crippen molar-refractivity contribution >= 4 is 23.2 Å². The number of aromatic nitrogens is 4. The van der Waals surface area contributed by atoms with Crippen molar-refractivity contribution in [3.8, 4) is 11.1 Å². The predicted molar refractivity (Wildman–Crippen MR) is 112 cm³/mol. The Morgan fingerprint density at radius 1 is 1.12 bits per heavy atom. The first kappa shape index (κ1) is 24.1. The van der Waals surface area contributed by atoms with Crippen LogP contribution in [-0.2, 0) is 6.42 Å². The van der Waals surface area contributed by atoms with E-state index in [9.17, 15) is 13.2 Å². The highest BCUT2D eigenvalue weighted by molar-refractivity contribution is 6.33. The van der Waals surface area contributed by atoms with E-state index in [-0.39, 0.29) is 17.2 Å². The van der Waals surface area contributed by atoms with Gasteiger partial charge in [0.2, 0.25) is 0 Å². The number of rotatable bonds is 8. The molecule has 0 spiro atoms. The van der Waals surface area contributed by atoms with Crippen molar-refractivity contribution in [3.63, 3.8) is 0 Å². The molecular weight excluding hydrogens is 455 g/mol. The molecule has 0 aliphatic carbocycles. The molecular formula is C20H22ClF5N6. The molecule has 0 amide bonds. The topological polar surface area (TPSA) is 58.3 Å². The van der Waals surface area contributed by atoms with E-state index in [1.807, 2.05) is 19.0 Å². The maximum atomic E-state index is 15.1. The molecule has 0 unspecified atom stereocenters. The number of nitrogens with one attached hydrogen (secondary N) is 1. The minimum absolute atomic E-state index is 0.117. The monoisotopic (exact) mass is 476 g/mol. The number of unbranched alkanes of at least 4 members (excludes halogenated alkanes) is 1. The third-order valence-corrected chi connectivity index (χ3v) is 5.17. The summed E-state index contributed by atoms with van der Waals surface area (Å²) >= 11 is 6.16. The van der Waals surface area contributed by atoms with Gasteiger partial charge in [-0.1, -0.05) is 11.6 Å². The van der Waals surface area contributed by atoms with Crippen molar-refractivity contribution in [1.29, 1.82) is 0 Å². The van der Waals surface area contributed by atoms with Crippen LogP contribution in [0.15, 0.2) is 18.5 Å². The van der Waals surface area contributed by atoms with E-state index >= 15 is 8.78 Å². The molecule has 0 bridgehead atoms. The second-order valence-corrected chi connectivity index (χ2v) is 8.06. The van der Waals surface area contributed by atoms with Crippen molar-refractivity contribution in [2.24, 2.45) is 0 Å². The van der Waals surface area contributed by atoms with E-state index in [0.29, 0.717) is 12.0 Å². The van der Waals surface area contributed by atoms with E-state index < -0.39 is 34.6 Å². The lowest BCUT2D eigenvalue weighted by Crippen LogP contribution is -2.34. The Morgan fingerprint density at radius 3 is 2.38 bits per heavy atom. The van der Waals surface area contributed by atoms with Gasteiger partial charge in [-0.05, 0) is 64.5 Å². The molecule has 0 aliphatic rings. The van der Waals surface area contributed by atoms with Crippen LogP contribution >= 0.6 is 11.6 Å². The van der Waals surface area contributed by atoms with Crippen LogP contribution in [0.4, 0.5) is 27.8 Å². The van der Waals surface area contributed by atoms with E-state index in [1.165, 1.54) is 0 Å². The molecule has 12 heteroatoms. The van der Waals surface area contributed by atoms with Crippen LogP contribution in [0.2, 0.25) is 5.15 Å². The van der Waals surface area contributed by atoms with Crippen LogP contribution in [0.5, 0.6) is 0 Å². The van der Waals surface area contributed by atoms with Gasteiger partial charge in [0.1, 0.15) is 35.0 Å². The first-order valence-corrected chi connectivity index (χ1v) is 10.2. The quantitative estimate of drug-likeness (QED) is 0.282. The van der Waals surface area contributed by atoms with Crippen LogP contribution in [0.3, 0.4) is 0 Å². The zero-order chi connectivity index (χ0) is 23.6. The number of fused-ring (bicyclic) bond motifs is 1. The number of aryl methyl sites for hydroxylation is 1. The first-order valence-electron chi connectivity index (χ1n) is 9.84. The van der Waals surface area contributed by atoms with Crippen LogP contribution in [-0.4, -0.2) is 57.3 Å². The number of halogens is 6. The van der Waals surface area contributed by atoms with Gasteiger partial charge in [0.25, 0.3) is 5.78 Å². The van der Waals surface area contributed by atoms with Crippen LogP contribution in [0.1, 0.15) is 25.3 Å². The molecule has 174 valence electrons. The molecule has 0 radical (unpaired) electrons. The molecule has 3 aromatic rings. The van der Waals surface area contributed by atoms with Gasteiger partial charge in [0.05, 0.1) is 11.1 Å². The first-order chi connectivity index (χ1) is 15.0. The van der Waals surface area contributed by atoms with Crippen molar-refractivity contribution < 1.29 is 22.0 Å². The molecule has 3 rings (SSSR count). The average Bonchev–Trinajstić information content (AvgIpc) is 3.13. The van der Waals surface area contributed by atoms with Crippen LogP contribution in [0.25, 0.3) is 16.9 Å². The SMILES string of the molecule is C[C@@H](Nc1c(-c2c(F)cc(CCCCN(C)C)cc2F)c(Cl)nc2ncnn12)C(F)(F)F.